The van der Waals surface area contributed by atoms with Crippen molar-refractivity contribution in [2.24, 2.45) is 0 Å². The number of anilines is 2. The number of likely N-dealkylation sites (tertiary alicyclic amines) is 1. The first-order valence-electron chi connectivity index (χ1n) is 13.4. The van der Waals surface area contributed by atoms with E-state index in [-0.39, 0.29) is 12.0 Å². The van der Waals surface area contributed by atoms with E-state index >= 15 is 0 Å². The predicted molar refractivity (Wildman–Crippen MR) is 152 cm³/mol. The van der Waals surface area contributed by atoms with E-state index in [0.29, 0.717) is 17.6 Å². The van der Waals surface area contributed by atoms with Crippen LogP contribution in [0.1, 0.15) is 41.6 Å². The van der Waals surface area contributed by atoms with Crippen molar-refractivity contribution in [1.82, 2.24) is 14.9 Å². The van der Waals surface area contributed by atoms with Gasteiger partial charge in [0.15, 0.2) is 0 Å². The van der Waals surface area contributed by atoms with Crippen molar-refractivity contribution in [2.45, 2.75) is 44.8 Å². The Kier molecular flexibility index (Phi) is 6.68. The Morgan fingerprint density at radius 2 is 1.76 bits per heavy atom. The summed E-state index contributed by atoms with van der Waals surface area (Å²) in [6, 6.07) is 20.1. The number of hydrogen-bond donors (Lipinski definition) is 2. The lowest BCUT2D eigenvalue weighted by Gasteiger charge is -2.29. The summed E-state index contributed by atoms with van der Waals surface area (Å²) >= 11 is 0. The van der Waals surface area contributed by atoms with Crippen LogP contribution >= 0.6 is 0 Å². The fourth-order valence-corrected chi connectivity index (χ4v) is 4.87. The van der Waals surface area contributed by atoms with Crippen LogP contribution in [0.25, 0.3) is 22.0 Å². The Labute approximate surface area is 223 Å². The quantitative estimate of drug-likeness (QED) is 0.324. The van der Waals surface area contributed by atoms with E-state index in [9.17, 15) is 4.79 Å². The van der Waals surface area contributed by atoms with Gasteiger partial charge < -0.3 is 20.3 Å². The van der Waals surface area contributed by atoms with Gasteiger partial charge in [-0.1, -0.05) is 12.1 Å². The maximum Gasteiger partial charge on any atom is 0.255 e. The van der Waals surface area contributed by atoms with Crippen molar-refractivity contribution in [3.63, 3.8) is 0 Å². The lowest BCUT2D eigenvalue weighted by atomic mass is 9.97. The second-order valence-corrected chi connectivity index (χ2v) is 10.5. The van der Waals surface area contributed by atoms with Crippen LogP contribution in [-0.4, -0.2) is 53.1 Å². The molecular formula is C31H33N5O2. The van der Waals surface area contributed by atoms with Gasteiger partial charge in [0.1, 0.15) is 11.9 Å². The van der Waals surface area contributed by atoms with E-state index in [2.05, 4.69) is 51.6 Å². The summed E-state index contributed by atoms with van der Waals surface area (Å²) in [5.74, 6) is 1.38. The van der Waals surface area contributed by atoms with Crippen LogP contribution in [-0.2, 0) is 0 Å². The Morgan fingerprint density at radius 1 is 0.974 bits per heavy atom. The van der Waals surface area contributed by atoms with Gasteiger partial charge in [-0.3, -0.25) is 4.79 Å². The molecule has 0 atom stereocenters. The van der Waals surface area contributed by atoms with E-state index in [0.717, 1.165) is 65.0 Å². The highest BCUT2D eigenvalue weighted by Gasteiger charge is 2.22. The summed E-state index contributed by atoms with van der Waals surface area (Å²) in [6.07, 6.45) is 6.55. The van der Waals surface area contributed by atoms with Gasteiger partial charge in [0, 0.05) is 42.0 Å². The first-order chi connectivity index (χ1) is 18.5. The number of amides is 1. The molecule has 4 aromatic rings. The normalized spacial score (nSPS) is 16.4. The van der Waals surface area contributed by atoms with E-state index < -0.39 is 0 Å². The lowest BCUT2D eigenvalue weighted by Crippen LogP contribution is -2.35. The molecule has 0 spiro atoms. The molecule has 1 aliphatic carbocycles. The molecule has 194 valence electrons. The van der Waals surface area contributed by atoms with Crippen molar-refractivity contribution in [3.05, 3.63) is 78.0 Å². The third kappa shape index (κ3) is 5.63. The Hall–Kier alpha value is -3.97. The largest absolute Gasteiger partial charge is 0.490 e. The number of rotatable bonds is 7. The van der Waals surface area contributed by atoms with Crippen LogP contribution in [0, 0.1) is 6.92 Å². The molecule has 1 aliphatic heterocycles. The number of benzene rings is 3. The third-order valence-electron chi connectivity index (χ3n) is 7.38. The summed E-state index contributed by atoms with van der Waals surface area (Å²) in [6.45, 7) is 4.18. The molecule has 7 nitrogen and oxygen atoms in total. The van der Waals surface area contributed by atoms with Gasteiger partial charge in [0.25, 0.3) is 5.91 Å². The summed E-state index contributed by atoms with van der Waals surface area (Å²) in [5.41, 5.74) is 5.41. The number of carbonyl (C=O) groups excluding carboxylic acids is 1. The molecule has 0 bridgehead atoms. The molecule has 0 unspecified atom stereocenters. The highest BCUT2D eigenvalue weighted by atomic mass is 16.5. The van der Waals surface area contributed by atoms with Gasteiger partial charge in [-0.05, 0) is 105 Å². The maximum atomic E-state index is 13.1. The first-order valence-corrected chi connectivity index (χ1v) is 13.4. The van der Waals surface area contributed by atoms with E-state index in [1.807, 2.05) is 54.7 Å². The lowest BCUT2D eigenvalue weighted by molar-refractivity contribution is 0.102. The van der Waals surface area contributed by atoms with Gasteiger partial charge in [-0.2, -0.15) is 0 Å². The Balaban J connectivity index is 1.15. The van der Waals surface area contributed by atoms with Gasteiger partial charge in [-0.25, -0.2) is 9.97 Å². The Bertz CT molecular complexity index is 1460. The van der Waals surface area contributed by atoms with Gasteiger partial charge >= 0.3 is 0 Å². The van der Waals surface area contributed by atoms with Crippen molar-refractivity contribution in [3.8, 4) is 16.9 Å². The number of aromatic nitrogens is 2. The zero-order valence-corrected chi connectivity index (χ0v) is 21.9. The molecule has 1 saturated heterocycles. The second kappa shape index (κ2) is 10.4. The fraction of sp³-hybridized carbons (Fsp3) is 0.323. The minimum absolute atomic E-state index is 0.143. The summed E-state index contributed by atoms with van der Waals surface area (Å²) in [5, 5.41) is 7.34. The second-order valence-electron chi connectivity index (χ2n) is 10.5. The summed E-state index contributed by atoms with van der Waals surface area (Å²) < 4.78 is 6.13. The van der Waals surface area contributed by atoms with E-state index in [4.69, 9.17) is 4.74 Å². The molecule has 0 radical (unpaired) electrons. The van der Waals surface area contributed by atoms with Crippen molar-refractivity contribution in [2.75, 3.05) is 30.8 Å². The number of carbonyl (C=O) groups is 1. The average Bonchev–Trinajstić information content (AvgIpc) is 3.75. The summed E-state index contributed by atoms with van der Waals surface area (Å²) in [7, 11) is 2.14. The number of nitrogens with one attached hydrogen (secondary N) is 2. The maximum absolute atomic E-state index is 13.1. The van der Waals surface area contributed by atoms with Gasteiger partial charge in [0.2, 0.25) is 5.95 Å². The SMILES string of the molecule is Cc1ccc(C(=O)Nc2ccc(OC3CCN(C)CC3)cc2)cc1-c1ccc2nc(NC3CC3)ncc2c1. The molecule has 3 aromatic carbocycles. The van der Waals surface area contributed by atoms with E-state index in [1.54, 1.807) is 0 Å². The molecule has 2 heterocycles. The predicted octanol–water partition coefficient (Wildman–Crippen LogP) is 5.90. The number of ether oxygens (including phenoxy) is 1. The molecule has 1 saturated carbocycles. The first kappa shape index (κ1) is 24.4. The van der Waals surface area contributed by atoms with Crippen molar-refractivity contribution in [1.29, 1.82) is 0 Å². The Morgan fingerprint density at radius 3 is 2.53 bits per heavy atom. The fourth-order valence-electron chi connectivity index (χ4n) is 4.87. The number of aryl methyl sites for hydroxylation is 1. The summed E-state index contributed by atoms with van der Waals surface area (Å²) in [4.78, 5) is 24.6. The number of piperidine rings is 1. The minimum Gasteiger partial charge on any atom is -0.490 e. The molecule has 6 rings (SSSR count). The topological polar surface area (TPSA) is 79.4 Å². The van der Waals surface area contributed by atoms with Crippen LogP contribution in [0.15, 0.2) is 66.9 Å². The molecule has 1 aromatic heterocycles. The minimum atomic E-state index is -0.143. The van der Waals surface area contributed by atoms with E-state index in [1.165, 1.54) is 12.8 Å². The molecule has 38 heavy (non-hydrogen) atoms. The van der Waals surface area contributed by atoms with Crippen molar-refractivity contribution < 1.29 is 9.53 Å². The smallest absolute Gasteiger partial charge is 0.255 e. The molecular weight excluding hydrogens is 474 g/mol. The zero-order valence-electron chi connectivity index (χ0n) is 21.9. The van der Waals surface area contributed by atoms with Crippen LogP contribution in [0.5, 0.6) is 5.75 Å². The van der Waals surface area contributed by atoms with Gasteiger partial charge in [-0.15, -0.1) is 0 Å². The van der Waals surface area contributed by atoms with Crippen LogP contribution in [0.4, 0.5) is 11.6 Å². The molecule has 2 fully saturated rings. The monoisotopic (exact) mass is 507 g/mol. The van der Waals surface area contributed by atoms with Crippen LogP contribution in [0.3, 0.4) is 0 Å². The van der Waals surface area contributed by atoms with Gasteiger partial charge in [0.05, 0.1) is 5.52 Å². The number of hydrogen-bond acceptors (Lipinski definition) is 6. The highest BCUT2D eigenvalue weighted by molar-refractivity contribution is 6.05. The van der Waals surface area contributed by atoms with Crippen LogP contribution < -0.4 is 15.4 Å². The standard InChI is InChI=1S/C31H33N5O2/c1-20-3-4-22(30(37)33-24-8-10-26(11-9-24)38-27-13-15-36(2)16-14-27)18-28(20)21-5-12-29-23(17-21)19-32-31(35-29)34-25-6-7-25/h3-5,8-12,17-19,25,27H,6-7,13-16H2,1-2H3,(H,33,37)(H,32,34,35). The highest BCUT2D eigenvalue weighted by Crippen LogP contribution is 2.29. The molecule has 1 amide bonds. The number of fused-ring (bicyclic) bond motifs is 1. The third-order valence-corrected chi connectivity index (χ3v) is 7.38. The molecule has 7 heteroatoms. The zero-order chi connectivity index (χ0) is 26.1. The van der Waals surface area contributed by atoms with Crippen molar-refractivity contribution >= 4 is 28.4 Å². The number of nitrogens with zero attached hydrogens (tertiary/aromatic N) is 3. The molecule has 2 aliphatic rings. The average molecular weight is 508 g/mol. The van der Waals surface area contributed by atoms with Crippen LogP contribution in [0.2, 0.25) is 0 Å². The molecule has 2 N–H and O–H groups in total.